The van der Waals surface area contributed by atoms with Gasteiger partial charge >= 0.3 is 1040 Å². The van der Waals surface area contributed by atoms with Gasteiger partial charge in [-0.05, 0) is 0 Å². The minimum absolute atomic E-state index is 0. The van der Waals surface area contributed by atoms with E-state index in [0.717, 1.165) is 0 Å². The predicted molar refractivity (Wildman–Crippen MR) is 670 cm³/mol. The van der Waals surface area contributed by atoms with Crippen LogP contribution in [0, 0.1) is 0 Å². The fourth-order valence-electron chi connectivity index (χ4n) is 0. The first-order chi connectivity index (χ1) is 0. The third-order valence-electron chi connectivity index (χ3n) is 0. The Morgan fingerprint density at radius 2 is 0.0133 bits per heavy atom. The molecule has 0 aliphatic carbocycles. The van der Waals surface area contributed by atoms with Crippen molar-refractivity contribution >= 4 is 1040 Å². The molecule has 90 nitrogen and oxygen atoms in total. The van der Waals surface area contributed by atoms with Crippen molar-refractivity contribution in [3.8, 4) is 0 Å². The third-order valence-corrected chi connectivity index (χ3v) is 0. The molecule has 0 bridgehead atoms. The van der Waals surface area contributed by atoms with Gasteiger partial charge in [0, 0.05) is 0 Å². The summed E-state index contributed by atoms with van der Waals surface area (Å²) in [6, 6.07) is 0. The molecule has 0 fully saturated rings. The van der Waals surface area contributed by atoms with E-state index in [1.54, 1.807) is 0 Å². The fourth-order valence-corrected chi connectivity index (χ4v) is 0. The molecular formula is H180Al60O90+180. The van der Waals surface area contributed by atoms with Gasteiger partial charge in [0.25, 0.3) is 0 Å². The van der Waals surface area contributed by atoms with E-state index in [4.69, 9.17) is 0 Å². The Bertz CT molecular complexity index is 146. The van der Waals surface area contributed by atoms with Gasteiger partial charge in [-0.1, -0.05) is 0 Å². The molecule has 0 aliphatic rings. The molecular weight excluding hydrogens is 3060 g/mol. The smallest absolute Gasteiger partial charge is 0.412 e. The Labute approximate surface area is 1510 Å². The van der Waals surface area contributed by atoms with Crippen molar-refractivity contribution in [2.75, 3.05) is 0 Å². The van der Waals surface area contributed by atoms with E-state index < -0.39 is 0 Å². The zero-order valence-electron chi connectivity index (χ0n) is 79.6. The van der Waals surface area contributed by atoms with Gasteiger partial charge in [0.1, 0.15) is 0 Å². The Hall–Kier alpha value is 28.3. The Balaban J connectivity index is 0. The van der Waals surface area contributed by atoms with E-state index in [-0.39, 0.29) is 1530 Å². The summed E-state index contributed by atoms with van der Waals surface area (Å²) < 4.78 is 0. The largest absolute Gasteiger partial charge is 3.00 e. The van der Waals surface area contributed by atoms with Crippen LogP contribution < -0.4 is 0 Å². The van der Waals surface area contributed by atoms with Crippen molar-refractivity contribution in [1.82, 2.24) is 0 Å². The van der Waals surface area contributed by atoms with Gasteiger partial charge in [-0.3, -0.25) is 0 Å². The van der Waals surface area contributed by atoms with E-state index in [1.807, 2.05) is 0 Å². The topological polar surface area (TPSA) is 2840 Å². The van der Waals surface area contributed by atoms with Crippen LogP contribution >= 0.6 is 0 Å². The maximum absolute atomic E-state index is 0. The first kappa shape index (κ1) is 6980. The second kappa shape index (κ2) is 6860. The predicted octanol–water partition coefficient (Wildman–Crippen LogP) is -97.1. The maximum Gasteiger partial charge on any atom is 3.00 e. The van der Waals surface area contributed by atoms with Crippen LogP contribution in [0.15, 0.2) is 0 Å². The molecule has 0 rings (SSSR count). The third kappa shape index (κ3) is 6750. The van der Waals surface area contributed by atoms with Crippen LogP contribution in [0.2, 0.25) is 0 Å². The Morgan fingerprint density at radius 3 is 0.0133 bits per heavy atom. The number of rotatable bonds is 0. The molecule has 0 heterocycles. The van der Waals surface area contributed by atoms with Crippen LogP contribution in [0.25, 0.3) is 0 Å². The van der Waals surface area contributed by atoms with Crippen molar-refractivity contribution < 1.29 is 493 Å². The summed E-state index contributed by atoms with van der Waals surface area (Å²) in [7, 11) is 0. The van der Waals surface area contributed by atoms with Crippen LogP contribution in [-0.4, -0.2) is 1530 Å². The molecule has 0 aliphatic heterocycles. The van der Waals surface area contributed by atoms with E-state index >= 15 is 0 Å². The van der Waals surface area contributed by atoms with Gasteiger partial charge in [0.15, 0.2) is 0 Å². The Morgan fingerprint density at radius 1 is 0.0133 bits per heavy atom. The van der Waals surface area contributed by atoms with Crippen LogP contribution in [-0.2, 0) is 0 Å². The minimum Gasteiger partial charge on any atom is -0.412 e. The molecule has 150 heavy (non-hydrogen) atoms. The van der Waals surface area contributed by atoms with Gasteiger partial charge in [-0.25, -0.2) is 0 Å². The van der Waals surface area contributed by atoms with Crippen molar-refractivity contribution in [3.05, 3.63) is 0 Å². The van der Waals surface area contributed by atoms with Gasteiger partial charge in [-0.15, -0.1) is 0 Å². The molecule has 150 heteroatoms. The molecule has 0 saturated heterocycles. The quantitative estimate of drug-likeness (QED) is 0.204. The molecule has 0 aromatic rings. The van der Waals surface area contributed by atoms with Crippen LogP contribution in [0.3, 0.4) is 0 Å². The van der Waals surface area contributed by atoms with Crippen molar-refractivity contribution in [3.63, 3.8) is 0 Å². The van der Waals surface area contributed by atoms with E-state index in [2.05, 4.69) is 0 Å². The molecule has 0 aromatic carbocycles. The standard InChI is InChI=1S/60Al.90H2O/h;;;;;;;;;;;;;;;;;;;;;;;;;;;;;;;;;;;;;;;;;;;;;;;;;;;;;;;;;;;;90*1H2/q60*+3;;;;;;;;;;;;;;;;;;;;;;;;;;;;;;;;;;;;;;;;;;;;;;;;;;;;;;;;;;;;;;;;;;;;;;;;;;;;;;;;;;;;;;;;;;. The van der Waals surface area contributed by atoms with Crippen molar-refractivity contribution in [2.45, 2.75) is 0 Å². The summed E-state index contributed by atoms with van der Waals surface area (Å²) in [5.74, 6) is 0. The first-order valence-corrected chi connectivity index (χ1v) is 0. The molecule has 0 saturated carbocycles. The van der Waals surface area contributed by atoms with Crippen molar-refractivity contribution in [2.24, 2.45) is 0 Å². The first-order valence-electron chi connectivity index (χ1n) is 0. The molecule has 0 aromatic heterocycles. The van der Waals surface area contributed by atoms with E-state index in [0.29, 0.717) is 0 Å². The normalized spacial score (nSPS) is 0. The molecule has 180 N–H and O–H groups in total. The number of hydrogen-bond acceptors (Lipinski definition) is 0. The summed E-state index contributed by atoms with van der Waals surface area (Å²) in [5.41, 5.74) is 0. The maximum atomic E-state index is 0. The van der Waals surface area contributed by atoms with E-state index in [9.17, 15) is 0 Å². The van der Waals surface area contributed by atoms with Crippen molar-refractivity contribution in [1.29, 1.82) is 0 Å². The van der Waals surface area contributed by atoms with Gasteiger partial charge in [0.2, 0.25) is 0 Å². The average Bonchev–Trinajstić information content (AvgIpc) is 0. The van der Waals surface area contributed by atoms with Crippen LogP contribution in [0.4, 0.5) is 0 Å². The number of hydrogen-bond donors (Lipinski definition) is 0. The molecule has 0 atom stereocenters. The Kier molecular flexibility index (Phi) is 319000. The second-order valence-corrected chi connectivity index (χ2v) is 0. The molecule has 0 unspecified atom stereocenters. The van der Waals surface area contributed by atoms with Gasteiger partial charge in [-0.2, -0.15) is 0 Å². The average molecular weight is 3240 g/mol. The summed E-state index contributed by atoms with van der Waals surface area (Å²) >= 11 is 0. The zero-order valence-corrected chi connectivity index (χ0v) is 149. The summed E-state index contributed by atoms with van der Waals surface area (Å²) in [5, 5.41) is 0. The summed E-state index contributed by atoms with van der Waals surface area (Å²) in [6.07, 6.45) is 0. The molecule has 720 valence electrons. The van der Waals surface area contributed by atoms with Gasteiger partial charge in [0.05, 0.1) is 0 Å². The van der Waals surface area contributed by atoms with Crippen LogP contribution in [0.5, 0.6) is 0 Å². The SMILES string of the molecule is O.O.O.O.O.O.O.O.O.O.O.O.O.O.O.O.O.O.O.O.O.O.O.O.O.O.O.O.O.O.O.O.O.O.O.O.O.O.O.O.O.O.O.O.O.O.O.O.O.O.O.O.O.O.O.O.O.O.O.O.O.O.O.O.O.O.O.O.O.O.O.O.O.O.O.O.O.O.O.O.O.O.O.O.O.O.O.O.O.O.[Al+3].[Al+3].[Al+3].[Al+3].[Al+3].[Al+3].[Al+3].[Al+3].[Al+3].[Al+3].[Al+3].[Al+3].[Al+3].[Al+3].[Al+3].[Al+3].[Al+3].[Al+3].[Al+3].[Al+3].[Al+3].[Al+3].[Al+3].[Al+3].[Al+3].[Al+3].[Al+3].[Al+3].[Al+3].[Al+3].[Al+3].[Al+3].[Al+3].[Al+3].[Al+3].[Al+3].[Al+3].[Al+3].[Al+3].[Al+3].[Al+3].[Al+3].[Al+3].[Al+3].[Al+3].[Al+3].[Al+3].[Al+3].[Al+3].[Al+3].[Al+3].[Al+3].[Al+3].[Al+3].[Al+3].[Al+3].[Al+3].[Al+3].[Al+3].[Al+3]. The van der Waals surface area contributed by atoms with Gasteiger partial charge < -0.3 is 493 Å². The summed E-state index contributed by atoms with van der Waals surface area (Å²) in [6.45, 7) is 0. The summed E-state index contributed by atoms with van der Waals surface area (Å²) in [4.78, 5) is 0. The zero-order chi connectivity index (χ0) is 0. The minimum atomic E-state index is 0. The molecule has 0 spiro atoms. The molecule has 0 amide bonds. The second-order valence-electron chi connectivity index (χ2n) is 0. The fraction of sp³-hybridized carbons (Fsp3) is 0. The van der Waals surface area contributed by atoms with Crippen LogP contribution in [0.1, 0.15) is 0 Å². The molecule has 0 radical (unpaired) electrons. The van der Waals surface area contributed by atoms with E-state index in [1.165, 1.54) is 0 Å². The monoisotopic (exact) mass is 3240 g/mol.